The van der Waals surface area contributed by atoms with E-state index in [1.54, 1.807) is 30.2 Å². The van der Waals surface area contributed by atoms with Crippen LogP contribution in [0.1, 0.15) is 121 Å². The second kappa shape index (κ2) is 23.9. The monoisotopic (exact) mass is 1050 g/mol. The maximum absolute atomic E-state index is 14.3. The van der Waals surface area contributed by atoms with E-state index in [9.17, 15) is 33.6 Å². The Kier molecular flexibility index (Phi) is 16.7. The summed E-state index contributed by atoms with van der Waals surface area (Å²) in [6.45, 7) is 9.36. The third-order valence-electron chi connectivity index (χ3n) is 15.0. The molecule has 0 saturated carbocycles. The van der Waals surface area contributed by atoms with Gasteiger partial charge in [-0.1, -0.05) is 57.5 Å². The van der Waals surface area contributed by atoms with Crippen LogP contribution in [0, 0.1) is 18.8 Å². The zero-order chi connectivity index (χ0) is 54.3. The van der Waals surface area contributed by atoms with Crippen molar-refractivity contribution in [2.75, 3.05) is 32.2 Å². The number of amides is 6. The summed E-state index contributed by atoms with van der Waals surface area (Å²) in [5.74, 6) is -1.01. The van der Waals surface area contributed by atoms with Crippen LogP contribution in [-0.4, -0.2) is 113 Å². The number of rotatable bonds is 22. The van der Waals surface area contributed by atoms with E-state index in [1.807, 2.05) is 74.4 Å². The molecule has 0 unspecified atom stereocenters. The highest BCUT2D eigenvalue weighted by atomic mass is 16.5. The third kappa shape index (κ3) is 12.3. The maximum Gasteiger partial charge on any atom is 0.257 e. The first-order valence-corrected chi connectivity index (χ1v) is 26.8. The van der Waals surface area contributed by atoms with Crippen LogP contribution in [0.4, 0.5) is 17.1 Å². The van der Waals surface area contributed by atoms with Gasteiger partial charge in [-0.05, 0) is 110 Å². The van der Waals surface area contributed by atoms with Crippen LogP contribution in [0.2, 0.25) is 0 Å². The Bertz CT molecular complexity index is 3050. The highest BCUT2D eigenvalue weighted by Gasteiger charge is 2.36. The number of unbranched alkanes of at least 4 members (excludes halogenated alkanes) is 4. The zero-order valence-corrected chi connectivity index (χ0v) is 44.5. The number of benzene rings is 4. The van der Waals surface area contributed by atoms with Crippen LogP contribution >= 0.6 is 0 Å². The average Bonchev–Trinajstić information content (AvgIpc) is 3.64. The number of carbonyl (C=O) groups is 7. The minimum absolute atomic E-state index is 0.0178. The summed E-state index contributed by atoms with van der Waals surface area (Å²) in [4.78, 5) is 106. The average molecular weight is 1050 g/mol. The molecule has 4 atom stereocenters. The fraction of sp³-hybridized carbons (Fsp3) is 0.417. The Balaban J connectivity index is 0.727. The summed E-state index contributed by atoms with van der Waals surface area (Å²) in [6, 6.07) is 19.9. The van der Waals surface area contributed by atoms with E-state index in [4.69, 9.17) is 24.2 Å². The van der Waals surface area contributed by atoms with Crippen LogP contribution in [0.5, 0.6) is 17.2 Å². The van der Waals surface area contributed by atoms with E-state index >= 15 is 0 Å². The molecule has 5 aliphatic heterocycles. The summed E-state index contributed by atoms with van der Waals surface area (Å²) < 4.78 is 18.2. The number of hydrogen-bond donors (Lipinski definition) is 2. The second-order valence-corrected chi connectivity index (χ2v) is 21.0. The van der Waals surface area contributed by atoms with Gasteiger partial charge in [0.15, 0.2) is 17.3 Å². The van der Waals surface area contributed by atoms with Gasteiger partial charge in [0.05, 0.1) is 61.0 Å². The van der Waals surface area contributed by atoms with Crippen LogP contribution < -0.4 is 24.8 Å². The molecule has 402 valence electrons. The van der Waals surface area contributed by atoms with Gasteiger partial charge in [-0.3, -0.25) is 48.4 Å². The number of aliphatic imine (C=N–C) groups is 2. The number of anilines is 1. The van der Waals surface area contributed by atoms with E-state index in [0.29, 0.717) is 97.4 Å². The van der Waals surface area contributed by atoms with Crippen molar-refractivity contribution < 1.29 is 47.8 Å². The van der Waals surface area contributed by atoms with Crippen molar-refractivity contribution in [3.63, 3.8) is 0 Å². The molecule has 0 aromatic heterocycles. The number of ketones is 1. The molecule has 0 saturated heterocycles. The lowest BCUT2D eigenvalue weighted by Gasteiger charge is -2.34. The Morgan fingerprint density at radius 1 is 0.675 bits per heavy atom. The number of nitrogens with zero attached hydrogens (tertiary/aromatic N) is 5. The molecule has 5 aliphatic rings. The van der Waals surface area contributed by atoms with Crippen molar-refractivity contribution in [2.24, 2.45) is 21.8 Å². The van der Waals surface area contributed by atoms with Gasteiger partial charge in [-0.2, -0.15) is 0 Å². The molecule has 0 spiro atoms. The van der Waals surface area contributed by atoms with Gasteiger partial charge in [0.2, 0.25) is 11.8 Å². The first-order valence-electron chi connectivity index (χ1n) is 26.8. The number of hydrogen-bond acceptors (Lipinski definition) is 12. The number of aryl methyl sites for hydroxylation is 1. The van der Waals surface area contributed by atoms with Gasteiger partial charge in [0.25, 0.3) is 23.6 Å². The van der Waals surface area contributed by atoms with Crippen molar-refractivity contribution >= 4 is 70.7 Å². The predicted octanol–water partition coefficient (Wildman–Crippen LogP) is 8.36. The highest BCUT2D eigenvalue weighted by molar-refractivity contribution is 6.13. The van der Waals surface area contributed by atoms with Gasteiger partial charge in [-0.25, -0.2) is 0 Å². The number of ether oxygens (including phenoxy) is 3. The molecule has 4 aromatic rings. The summed E-state index contributed by atoms with van der Waals surface area (Å²) >= 11 is 0. The first kappa shape index (κ1) is 53.9. The topological polar surface area (TPSA) is 206 Å². The van der Waals surface area contributed by atoms with E-state index in [1.165, 1.54) is 35.3 Å². The lowest BCUT2D eigenvalue weighted by atomic mass is 9.92. The normalized spacial score (nSPS) is 17.8. The fourth-order valence-electron chi connectivity index (χ4n) is 10.6. The molecule has 0 bridgehead atoms. The van der Waals surface area contributed by atoms with Crippen molar-refractivity contribution in [3.05, 3.63) is 118 Å². The minimum atomic E-state index is -0.764. The molecule has 0 fully saturated rings. The summed E-state index contributed by atoms with van der Waals surface area (Å²) in [5, 5.41) is 5.81. The lowest BCUT2D eigenvalue weighted by Crippen LogP contribution is -2.45. The third-order valence-corrected chi connectivity index (χ3v) is 15.0. The van der Waals surface area contributed by atoms with Gasteiger partial charge in [0, 0.05) is 80.8 Å². The molecule has 77 heavy (non-hydrogen) atoms. The standard InChI is InChI=1S/C60H67N7O10/c1-36(2)57(64-54(69)16-8-6-11-21-65-55(70)19-20-56(65)71)50(68)25-38(4)58(72)63-43-18-17-40-28-45-33-62-49-31-53(52(75-5)29-47(49)60(74)67(45)35-42(40)26-43)77-23-13-7-12-22-76-51-30-48-46(24-37(51)3)59(73)66-34-41-15-10-9-14-39(41)27-44(66)32-61-48/h9-10,14-15,17-20,24,26,29-33,36,38,44-45,57H,6-8,11-13,16,21-23,25,27-28,34-35H2,1-5H3,(H,63,72)(H,64,69)/t38-,44+,45+,57+/m1/s1. The van der Waals surface area contributed by atoms with Crippen molar-refractivity contribution in [2.45, 2.75) is 123 Å². The van der Waals surface area contributed by atoms with Gasteiger partial charge < -0.3 is 34.6 Å². The van der Waals surface area contributed by atoms with Gasteiger partial charge >= 0.3 is 0 Å². The molecule has 17 heteroatoms. The molecule has 9 rings (SSSR count). The summed E-state index contributed by atoms with van der Waals surface area (Å²) in [7, 11) is 1.54. The number of carbonyl (C=O) groups excluding carboxylic acids is 7. The molecular weight excluding hydrogens is 979 g/mol. The zero-order valence-electron chi connectivity index (χ0n) is 44.5. The molecule has 0 aliphatic carbocycles. The Hall–Kier alpha value is -7.95. The SMILES string of the molecule is COc1cc2c(cc1OCCCCCOc1cc3c(cc1C)C(=O)N1Cc4ccccc4C[C@H]1C=N3)N=C[C@@H]1Cc3ccc(NC(=O)[C@H](C)CC(=O)[C@@H](NC(=O)CCCCCN4C(=O)C=CC4=O)C(C)C)cc3CN1C2=O. The molecule has 0 radical (unpaired) electrons. The van der Waals surface area contributed by atoms with Crippen molar-refractivity contribution in [3.8, 4) is 17.2 Å². The fourth-order valence-corrected chi connectivity index (χ4v) is 10.6. The lowest BCUT2D eigenvalue weighted by molar-refractivity contribution is -0.137. The quantitative estimate of drug-likeness (QED) is 0.0568. The number of fused-ring (bicyclic) bond motifs is 6. The largest absolute Gasteiger partial charge is 0.493 e. The number of Topliss-reactive ketones (excluding diaryl/α,β-unsaturated/α-hetero) is 1. The molecule has 5 heterocycles. The second-order valence-electron chi connectivity index (χ2n) is 21.0. The molecule has 2 N–H and O–H groups in total. The highest BCUT2D eigenvalue weighted by Crippen LogP contribution is 2.40. The van der Waals surface area contributed by atoms with Crippen LogP contribution in [0.25, 0.3) is 0 Å². The van der Waals surface area contributed by atoms with E-state index < -0.39 is 12.0 Å². The van der Waals surface area contributed by atoms with Crippen LogP contribution in [0.15, 0.2) is 88.9 Å². The van der Waals surface area contributed by atoms with Gasteiger partial charge in [-0.15, -0.1) is 0 Å². The first-order chi connectivity index (χ1) is 37.1. The number of nitrogens with one attached hydrogen (secondary N) is 2. The molecule has 6 amide bonds. The Morgan fingerprint density at radius 2 is 1.27 bits per heavy atom. The predicted molar refractivity (Wildman–Crippen MR) is 291 cm³/mol. The molecule has 4 aromatic carbocycles. The Morgan fingerprint density at radius 3 is 1.94 bits per heavy atom. The van der Waals surface area contributed by atoms with Crippen molar-refractivity contribution in [1.82, 2.24) is 20.0 Å². The summed E-state index contributed by atoms with van der Waals surface area (Å²) in [5.41, 5.74) is 7.83. The van der Waals surface area contributed by atoms with Crippen LogP contribution in [0.3, 0.4) is 0 Å². The van der Waals surface area contributed by atoms with E-state index in [-0.39, 0.29) is 78.6 Å². The Labute approximate surface area is 449 Å². The van der Waals surface area contributed by atoms with E-state index in [0.717, 1.165) is 42.4 Å². The number of imide groups is 1. The minimum Gasteiger partial charge on any atom is -0.493 e. The smallest absolute Gasteiger partial charge is 0.257 e. The molecule has 17 nitrogen and oxygen atoms in total. The molecular formula is C60H67N7O10. The maximum atomic E-state index is 14.3. The van der Waals surface area contributed by atoms with Crippen molar-refractivity contribution in [1.29, 1.82) is 0 Å². The summed E-state index contributed by atoms with van der Waals surface area (Å²) in [6.07, 6.45) is 11.7. The van der Waals surface area contributed by atoms with E-state index in [2.05, 4.69) is 22.8 Å². The van der Waals surface area contributed by atoms with Crippen LogP contribution in [-0.2, 0) is 49.9 Å². The number of methoxy groups -OCH3 is 1. The van der Waals surface area contributed by atoms with Gasteiger partial charge in [0.1, 0.15) is 5.75 Å².